The van der Waals surface area contributed by atoms with E-state index in [9.17, 15) is 0 Å². The van der Waals surface area contributed by atoms with E-state index in [-0.39, 0.29) is 0 Å². The Kier molecular flexibility index (Phi) is 4.74. The number of anilines is 2. The lowest BCUT2D eigenvalue weighted by Gasteiger charge is -2.34. The predicted octanol–water partition coefficient (Wildman–Crippen LogP) is 1.51. The molecule has 4 heterocycles. The lowest BCUT2D eigenvalue weighted by atomic mass is 9.96. The number of aromatic nitrogens is 6. The van der Waals surface area contributed by atoms with Gasteiger partial charge in [0.15, 0.2) is 22.8 Å². The van der Waals surface area contributed by atoms with Crippen molar-refractivity contribution in [1.29, 1.82) is 0 Å². The molecule has 9 nitrogen and oxygen atoms in total. The van der Waals surface area contributed by atoms with Gasteiger partial charge >= 0.3 is 0 Å². The molecule has 27 heavy (non-hydrogen) atoms. The van der Waals surface area contributed by atoms with Gasteiger partial charge in [-0.2, -0.15) is 0 Å². The number of hydrogen-bond acceptors (Lipinski definition) is 8. The van der Waals surface area contributed by atoms with Crippen molar-refractivity contribution in [3.63, 3.8) is 0 Å². The zero-order chi connectivity index (χ0) is 18.8. The van der Waals surface area contributed by atoms with Crippen molar-refractivity contribution in [2.24, 2.45) is 13.0 Å². The molecule has 1 fully saturated rings. The van der Waals surface area contributed by atoms with Crippen LogP contribution in [0.3, 0.4) is 0 Å². The molecule has 0 aromatic carbocycles. The summed E-state index contributed by atoms with van der Waals surface area (Å²) in [7, 11) is 5.62. The second kappa shape index (κ2) is 7.34. The lowest BCUT2D eigenvalue weighted by molar-refractivity contribution is 0.386. The number of piperidine rings is 1. The topological polar surface area (TPSA) is 85.1 Å². The summed E-state index contributed by atoms with van der Waals surface area (Å²) in [6.07, 6.45) is 8.94. The summed E-state index contributed by atoms with van der Waals surface area (Å²) >= 11 is 0. The first-order valence-electron chi connectivity index (χ1n) is 9.10. The van der Waals surface area contributed by atoms with Crippen molar-refractivity contribution in [2.45, 2.75) is 12.8 Å². The van der Waals surface area contributed by atoms with Crippen molar-refractivity contribution >= 4 is 22.8 Å². The SMILES string of the molecule is COc1nccnc1N(C)CC1CCN(c2ncnc3c2ncn3C)CC1. The van der Waals surface area contributed by atoms with Gasteiger partial charge in [-0.25, -0.2) is 24.9 Å². The predicted molar refractivity (Wildman–Crippen MR) is 103 cm³/mol. The van der Waals surface area contributed by atoms with Gasteiger partial charge in [0.25, 0.3) is 5.88 Å². The third-order valence-corrected chi connectivity index (χ3v) is 5.13. The highest BCUT2D eigenvalue weighted by Crippen LogP contribution is 2.28. The Morgan fingerprint density at radius 3 is 2.67 bits per heavy atom. The molecule has 4 rings (SSSR count). The van der Waals surface area contributed by atoms with Gasteiger partial charge in [-0.15, -0.1) is 0 Å². The van der Waals surface area contributed by atoms with Gasteiger partial charge in [0.05, 0.1) is 13.4 Å². The van der Waals surface area contributed by atoms with Gasteiger partial charge in [0, 0.05) is 46.1 Å². The molecule has 0 saturated carbocycles. The first-order valence-corrected chi connectivity index (χ1v) is 9.10. The van der Waals surface area contributed by atoms with Crippen LogP contribution in [0.5, 0.6) is 5.88 Å². The number of nitrogens with zero attached hydrogens (tertiary/aromatic N) is 8. The van der Waals surface area contributed by atoms with Gasteiger partial charge in [-0.05, 0) is 18.8 Å². The van der Waals surface area contributed by atoms with Crippen LogP contribution in [-0.2, 0) is 7.05 Å². The Bertz CT molecular complexity index is 919. The van der Waals surface area contributed by atoms with Gasteiger partial charge in [-0.1, -0.05) is 0 Å². The monoisotopic (exact) mass is 368 g/mol. The van der Waals surface area contributed by atoms with E-state index in [1.54, 1.807) is 32.2 Å². The smallest absolute Gasteiger partial charge is 0.257 e. The van der Waals surface area contributed by atoms with Crippen LogP contribution in [0.1, 0.15) is 12.8 Å². The summed E-state index contributed by atoms with van der Waals surface area (Å²) < 4.78 is 7.25. The maximum absolute atomic E-state index is 5.33. The Labute approximate surface area is 158 Å². The minimum atomic E-state index is 0.566. The Morgan fingerprint density at radius 1 is 1.11 bits per heavy atom. The fourth-order valence-corrected chi connectivity index (χ4v) is 3.69. The normalized spacial score (nSPS) is 15.3. The molecule has 0 bridgehead atoms. The van der Waals surface area contributed by atoms with Crippen LogP contribution in [0.25, 0.3) is 11.2 Å². The van der Waals surface area contributed by atoms with Crippen LogP contribution in [0.15, 0.2) is 25.0 Å². The Morgan fingerprint density at radius 2 is 1.89 bits per heavy atom. The summed E-state index contributed by atoms with van der Waals surface area (Å²) in [5.41, 5.74) is 1.75. The molecule has 142 valence electrons. The van der Waals surface area contributed by atoms with Gasteiger partial charge in [0.2, 0.25) is 0 Å². The van der Waals surface area contributed by atoms with Crippen LogP contribution >= 0.6 is 0 Å². The summed E-state index contributed by atoms with van der Waals surface area (Å²) in [6, 6.07) is 0. The average Bonchev–Trinajstić information content (AvgIpc) is 3.10. The second-order valence-corrected chi connectivity index (χ2v) is 6.93. The van der Waals surface area contributed by atoms with E-state index < -0.39 is 0 Å². The van der Waals surface area contributed by atoms with E-state index in [4.69, 9.17) is 4.74 Å². The fourth-order valence-electron chi connectivity index (χ4n) is 3.69. The molecule has 1 aliphatic rings. The molecule has 3 aromatic heterocycles. The highest BCUT2D eigenvalue weighted by atomic mass is 16.5. The number of ether oxygens (including phenoxy) is 1. The molecule has 0 unspecified atom stereocenters. The standard InChI is InChI=1S/C18H24N8O/c1-24(17-18(27-3)20-7-6-19-17)10-13-4-8-26(9-5-13)16-14-15(21-11-22-16)25(2)12-23-14/h6-7,11-13H,4-5,8-10H2,1-3H3. The summed E-state index contributed by atoms with van der Waals surface area (Å²) in [5, 5.41) is 0. The molecular weight excluding hydrogens is 344 g/mol. The minimum Gasteiger partial charge on any atom is -0.478 e. The summed E-state index contributed by atoms with van der Waals surface area (Å²) in [5.74, 6) is 2.87. The molecule has 9 heteroatoms. The van der Waals surface area contributed by atoms with Crippen LogP contribution in [0.4, 0.5) is 11.6 Å². The largest absolute Gasteiger partial charge is 0.478 e. The average molecular weight is 368 g/mol. The first kappa shape index (κ1) is 17.4. The van der Waals surface area contributed by atoms with E-state index in [0.29, 0.717) is 11.8 Å². The van der Waals surface area contributed by atoms with E-state index in [1.807, 2.05) is 18.7 Å². The van der Waals surface area contributed by atoms with E-state index in [2.05, 4.69) is 34.7 Å². The third kappa shape index (κ3) is 3.36. The van der Waals surface area contributed by atoms with Crippen LogP contribution in [-0.4, -0.2) is 63.3 Å². The number of hydrogen-bond donors (Lipinski definition) is 0. The minimum absolute atomic E-state index is 0.566. The first-order chi connectivity index (χ1) is 13.2. The van der Waals surface area contributed by atoms with Crippen LogP contribution < -0.4 is 14.5 Å². The molecular formula is C18H24N8O. The van der Waals surface area contributed by atoms with Crippen molar-refractivity contribution < 1.29 is 4.74 Å². The molecule has 0 aliphatic carbocycles. The molecule has 0 atom stereocenters. The van der Waals surface area contributed by atoms with Gasteiger partial charge in [-0.3, -0.25) is 0 Å². The van der Waals surface area contributed by atoms with Gasteiger partial charge in [0.1, 0.15) is 6.33 Å². The highest BCUT2D eigenvalue weighted by molar-refractivity contribution is 5.83. The fraction of sp³-hybridized carbons (Fsp3) is 0.500. The number of aryl methyl sites for hydroxylation is 1. The number of fused-ring (bicyclic) bond motifs is 1. The van der Waals surface area contributed by atoms with Crippen molar-refractivity contribution in [3.05, 3.63) is 25.0 Å². The third-order valence-electron chi connectivity index (χ3n) is 5.13. The lowest BCUT2D eigenvalue weighted by Crippen LogP contribution is -2.38. The van der Waals surface area contributed by atoms with E-state index in [1.165, 1.54) is 0 Å². The molecule has 0 N–H and O–H groups in total. The quantitative estimate of drug-likeness (QED) is 0.670. The zero-order valence-corrected chi connectivity index (χ0v) is 15.9. The van der Waals surface area contributed by atoms with E-state index in [0.717, 1.165) is 55.3 Å². The summed E-state index contributed by atoms with van der Waals surface area (Å²) in [6.45, 7) is 2.84. The molecule has 3 aromatic rings. The molecule has 0 spiro atoms. The van der Waals surface area contributed by atoms with Crippen molar-refractivity contribution in [2.75, 3.05) is 43.6 Å². The molecule has 1 saturated heterocycles. The molecule has 1 aliphatic heterocycles. The van der Waals surface area contributed by atoms with Crippen LogP contribution in [0.2, 0.25) is 0 Å². The summed E-state index contributed by atoms with van der Waals surface area (Å²) in [4.78, 5) is 26.4. The number of rotatable bonds is 5. The number of imidazole rings is 1. The van der Waals surface area contributed by atoms with E-state index >= 15 is 0 Å². The highest BCUT2D eigenvalue weighted by Gasteiger charge is 2.24. The van der Waals surface area contributed by atoms with Gasteiger partial charge < -0.3 is 19.1 Å². The Hall–Kier alpha value is -2.97. The molecule has 0 amide bonds. The Balaban J connectivity index is 1.41. The number of methoxy groups -OCH3 is 1. The second-order valence-electron chi connectivity index (χ2n) is 6.93. The van der Waals surface area contributed by atoms with Crippen molar-refractivity contribution in [3.8, 4) is 5.88 Å². The maximum atomic E-state index is 5.33. The zero-order valence-electron chi connectivity index (χ0n) is 15.9. The van der Waals surface area contributed by atoms with Crippen LogP contribution in [0, 0.1) is 5.92 Å². The molecule has 0 radical (unpaired) electrons. The van der Waals surface area contributed by atoms with Crippen molar-refractivity contribution in [1.82, 2.24) is 29.5 Å². The maximum Gasteiger partial charge on any atom is 0.257 e.